The van der Waals surface area contributed by atoms with Crippen molar-refractivity contribution in [3.05, 3.63) is 75.2 Å². The topological polar surface area (TPSA) is 35.0 Å². The van der Waals surface area contributed by atoms with E-state index in [4.69, 9.17) is 4.74 Å². The molecule has 25 heavy (non-hydrogen) atoms. The SMILES string of the molecule is Cc1ccc2sc(/C=C/c3ccc(OCc4cscn4)cc3)nc2c1. The highest BCUT2D eigenvalue weighted by atomic mass is 32.1. The number of fused-ring (bicyclic) bond motifs is 1. The van der Waals surface area contributed by atoms with Crippen molar-refractivity contribution in [3.8, 4) is 5.75 Å². The molecule has 4 aromatic rings. The quantitative estimate of drug-likeness (QED) is 0.448. The molecule has 0 saturated heterocycles. The Bertz CT molecular complexity index is 1000. The summed E-state index contributed by atoms with van der Waals surface area (Å²) in [6, 6.07) is 14.4. The van der Waals surface area contributed by atoms with Crippen molar-refractivity contribution >= 4 is 45.0 Å². The number of hydrogen-bond donors (Lipinski definition) is 0. The van der Waals surface area contributed by atoms with E-state index in [1.165, 1.54) is 10.3 Å². The van der Waals surface area contributed by atoms with E-state index in [9.17, 15) is 0 Å². The van der Waals surface area contributed by atoms with Gasteiger partial charge in [0.15, 0.2) is 0 Å². The molecule has 0 bridgehead atoms. The third kappa shape index (κ3) is 3.95. The Hall–Kier alpha value is -2.50. The number of ether oxygens (including phenoxy) is 1. The molecule has 0 aliphatic carbocycles. The summed E-state index contributed by atoms with van der Waals surface area (Å²) in [5.74, 6) is 0.848. The zero-order chi connectivity index (χ0) is 17.1. The molecule has 0 amide bonds. The predicted octanol–water partition coefficient (Wildman–Crippen LogP) is 5.81. The lowest BCUT2D eigenvalue weighted by molar-refractivity contribution is 0.302. The summed E-state index contributed by atoms with van der Waals surface area (Å²) in [6.07, 6.45) is 4.14. The van der Waals surface area contributed by atoms with Crippen LogP contribution in [0.3, 0.4) is 0 Å². The number of thiazole rings is 2. The minimum absolute atomic E-state index is 0.504. The normalized spacial score (nSPS) is 11.4. The Morgan fingerprint density at radius 2 is 1.96 bits per heavy atom. The molecular formula is C20H16N2OS2. The van der Waals surface area contributed by atoms with Gasteiger partial charge < -0.3 is 4.74 Å². The first kappa shape index (κ1) is 16.0. The highest BCUT2D eigenvalue weighted by molar-refractivity contribution is 7.19. The minimum Gasteiger partial charge on any atom is -0.487 e. The average molecular weight is 364 g/mol. The third-order valence-electron chi connectivity index (χ3n) is 3.73. The van der Waals surface area contributed by atoms with Crippen LogP contribution in [0.5, 0.6) is 5.75 Å². The number of aryl methyl sites for hydroxylation is 1. The fraction of sp³-hybridized carbons (Fsp3) is 0.100. The maximum atomic E-state index is 5.73. The monoisotopic (exact) mass is 364 g/mol. The van der Waals surface area contributed by atoms with Crippen LogP contribution in [-0.4, -0.2) is 9.97 Å². The number of aromatic nitrogens is 2. The molecule has 0 saturated carbocycles. The van der Waals surface area contributed by atoms with E-state index in [1.54, 1.807) is 22.7 Å². The van der Waals surface area contributed by atoms with Gasteiger partial charge in [-0.1, -0.05) is 24.3 Å². The van der Waals surface area contributed by atoms with Crippen molar-refractivity contribution in [2.45, 2.75) is 13.5 Å². The van der Waals surface area contributed by atoms with Crippen molar-refractivity contribution in [1.29, 1.82) is 0 Å². The molecule has 2 aromatic heterocycles. The van der Waals surface area contributed by atoms with E-state index in [0.717, 1.165) is 27.5 Å². The van der Waals surface area contributed by atoms with Crippen LogP contribution in [-0.2, 0) is 6.61 Å². The van der Waals surface area contributed by atoms with Crippen molar-refractivity contribution in [2.75, 3.05) is 0 Å². The van der Waals surface area contributed by atoms with Crippen LogP contribution in [0.25, 0.3) is 22.4 Å². The van der Waals surface area contributed by atoms with Gasteiger partial charge in [0.2, 0.25) is 0 Å². The summed E-state index contributed by atoms with van der Waals surface area (Å²) in [5, 5.41) is 3.01. The lowest BCUT2D eigenvalue weighted by Crippen LogP contribution is -1.94. The molecule has 124 valence electrons. The largest absolute Gasteiger partial charge is 0.487 e. The van der Waals surface area contributed by atoms with Gasteiger partial charge >= 0.3 is 0 Å². The number of hydrogen-bond acceptors (Lipinski definition) is 5. The lowest BCUT2D eigenvalue weighted by atomic mass is 10.2. The van der Waals surface area contributed by atoms with Crippen molar-refractivity contribution in [2.24, 2.45) is 0 Å². The molecule has 0 radical (unpaired) electrons. The Kier molecular flexibility index (Phi) is 4.59. The van der Waals surface area contributed by atoms with Gasteiger partial charge in [-0.05, 0) is 48.4 Å². The van der Waals surface area contributed by atoms with Gasteiger partial charge in [0.25, 0.3) is 0 Å². The molecule has 2 aromatic carbocycles. The van der Waals surface area contributed by atoms with Crippen LogP contribution in [0.15, 0.2) is 53.4 Å². The van der Waals surface area contributed by atoms with E-state index in [0.29, 0.717) is 6.61 Å². The van der Waals surface area contributed by atoms with E-state index >= 15 is 0 Å². The summed E-state index contributed by atoms with van der Waals surface area (Å²) in [6.45, 7) is 2.59. The van der Waals surface area contributed by atoms with E-state index in [2.05, 4.69) is 47.2 Å². The van der Waals surface area contributed by atoms with Gasteiger partial charge in [0, 0.05) is 5.38 Å². The summed E-state index contributed by atoms with van der Waals surface area (Å²) < 4.78 is 6.95. The van der Waals surface area contributed by atoms with Crippen LogP contribution in [0.1, 0.15) is 21.8 Å². The third-order valence-corrected chi connectivity index (χ3v) is 5.37. The summed E-state index contributed by atoms with van der Waals surface area (Å²) in [7, 11) is 0. The number of benzene rings is 2. The molecule has 0 spiro atoms. The average Bonchev–Trinajstić information content (AvgIpc) is 3.28. The van der Waals surface area contributed by atoms with Crippen LogP contribution in [0.2, 0.25) is 0 Å². The zero-order valence-corrected chi connectivity index (χ0v) is 15.3. The fourth-order valence-electron chi connectivity index (χ4n) is 2.44. The van der Waals surface area contributed by atoms with Gasteiger partial charge in [0.1, 0.15) is 17.4 Å². The van der Waals surface area contributed by atoms with E-state index < -0.39 is 0 Å². The van der Waals surface area contributed by atoms with Crippen molar-refractivity contribution in [3.63, 3.8) is 0 Å². The molecule has 0 unspecified atom stereocenters. The second-order valence-electron chi connectivity index (χ2n) is 5.69. The molecular weight excluding hydrogens is 348 g/mol. The summed E-state index contributed by atoms with van der Waals surface area (Å²) >= 11 is 3.28. The van der Waals surface area contributed by atoms with Crippen LogP contribution < -0.4 is 4.74 Å². The van der Waals surface area contributed by atoms with Crippen LogP contribution in [0.4, 0.5) is 0 Å². The zero-order valence-electron chi connectivity index (χ0n) is 13.7. The maximum Gasteiger partial charge on any atom is 0.131 e. The van der Waals surface area contributed by atoms with E-state index in [1.807, 2.05) is 35.2 Å². The molecule has 0 aliphatic rings. The molecule has 2 heterocycles. The number of rotatable bonds is 5. The molecule has 0 atom stereocenters. The number of nitrogens with zero attached hydrogens (tertiary/aromatic N) is 2. The van der Waals surface area contributed by atoms with Gasteiger partial charge in [-0.2, -0.15) is 0 Å². The molecule has 3 nitrogen and oxygen atoms in total. The molecule has 0 fully saturated rings. The first-order valence-corrected chi connectivity index (χ1v) is 9.67. The molecule has 4 rings (SSSR count). The first-order valence-electron chi connectivity index (χ1n) is 7.91. The smallest absolute Gasteiger partial charge is 0.131 e. The van der Waals surface area contributed by atoms with Gasteiger partial charge in [-0.25, -0.2) is 9.97 Å². The highest BCUT2D eigenvalue weighted by Crippen LogP contribution is 2.24. The van der Waals surface area contributed by atoms with Gasteiger partial charge in [-0.3, -0.25) is 0 Å². The van der Waals surface area contributed by atoms with Crippen LogP contribution >= 0.6 is 22.7 Å². The Morgan fingerprint density at radius 3 is 2.76 bits per heavy atom. The molecule has 0 N–H and O–H groups in total. The van der Waals surface area contributed by atoms with Crippen molar-refractivity contribution in [1.82, 2.24) is 9.97 Å². The maximum absolute atomic E-state index is 5.73. The van der Waals surface area contributed by atoms with Gasteiger partial charge in [0.05, 0.1) is 21.4 Å². The summed E-state index contributed by atoms with van der Waals surface area (Å²) in [4.78, 5) is 8.88. The highest BCUT2D eigenvalue weighted by Gasteiger charge is 2.01. The Labute approximate surface area is 154 Å². The molecule has 5 heteroatoms. The molecule has 0 aliphatic heterocycles. The minimum atomic E-state index is 0.504. The van der Waals surface area contributed by atoms with E-state index in [-0.39, 0.29) is 0 Å². The van der Waals surface area contributed by atoms with Crippen molar-refractivity contribution < 1.29 is 4.74 Å². The fourth-order valence-corrected chi connectivity index (χ4v) is 3.83. The first-order chi connectivity index (χ1) is 12.3. The summed E-state index contributed by atoms with van der Waals surface area (Å²) in [5.41, 5.74) is 6.20. The Morgan fingerprint density at radius 1 is 1.08 bits per heavy atom. The lowest BCUT2D eigenvalue weighted by Gasteiger charge is -2.04. The standard InChI is InChI=1S/C20H16N2OS2/c1-14-2-8-19-18(10-14)22-20(25-19)9-5-15-3-6-17(7-4-15)23-11-16-12-24-13-21-16/h2-10,12-13H,11H2,1H3/b9-5+. The van der Waals surface area contributed by atoms with Gasteiger partial charge in [-0.15, -0.1) is 22.7 Å². The second-order valence-corrected chi connectivity index (χ2v) is 7.48. The van der Waals surface area contributed by atoms with Crippen LogP contribution in [0, 0.1) is 6.92 Å². The second kappa shape index (κ2) is 7.17. The Balaban J connectivity index is 1.43. The predicted molar refractivity (Wildman–Crippen MR) is 106 cm³/mol.